The van der Waals surface area contributed by atoms with Crippen molar-refractivity contribution in [3.63, 3.8) is 0 Å². The lowest BCUT2D eigenvalue weighted by molar-refractivity contribution is 0.0970. The minimum atomic E-state index is -3.69. The van der Waals surface area contributed by atoms with E-state index in [0.29, 0.717) is 5.75 Å². The molecule has 0 saturated carbocycles. The number of carbonyl (C=O) groups excluding carboxylic acids is 1. The predicted molar refractivity (Wildman–Crippen MR) is 75.7 cm³/mol. The molecular formula is C13H17ClO4S. The molecule has 0 aromatic heterocycles. The fourth-order valence-electron chi connectivity index (χ4n) is 1.71. The third-order valence-corrected chi connectivity index (χ3v) is 6.38. The Hall–Kier alpha value is -1.07. The van der Waals surface area contributed by atoms with Crippen molar-refractivity contribution in [1.82, 2.24) is 0 Å². The number of halogens is 1. The molecule has 19 heavy (non-hydrogen) atoms. The van der Waals surface area contributed by atoms with Gasteiger partial charge in [0.2, 0.25) is 4.21 Å². The number of sulfone groups is 1. The number of methoxy groups -OCH3 is 1. The second-order valence-corrected chi connectivity index (χ2v) is 7.42. The van der Waals surface area contributed by atoms with Crippen molar-refractivity contribution in [3.8, 4) is 5.75 Å². The zero-order valence-corrected chi connectivity index (χ0v) is 12.7. The summed E-state index contributed by atoms with van der Waals surface area (Å²) in [6, 6.07) is 6.22. The molecule has 0 spiro atoms. The molecule has 0 aliphatic heterocycles. The van der Waals surface area contributed by atoms with E-state index in [1.54, 1.807) is 19.1 Å². The van der Waals surface area contributed by atoms with Gasteiger partial charge < -0.3 is 4.74 Å². The van der Waals surface area contributed by atoms with Crippen molar-refractivity contribution in [1.29, 1.82) is 0 Å². The van der Waals surface area contributed by atoms with Gasteiger partial charge in [-0.25, -0.2) is 8.42 Å². The molecule has 0 aliphatic rings. The van der Waals surface area contributed by atoms with Crippen LogP contribution in [0.1, 0.15) is 30.6 Å². The van der Waals surface area contributed by atoms with Gasteiger partial charge in [0, 0.05) is 11.3 Å². The van der Waals surface area contributed by atoms with Crippen molar-refractivity contribution >= 4 is 27.2 Å². The fraction of sp³-hybridized carbons (Fsp3) is 0.462. The summed E-state index contributed by atoms with van der Waals surface area (Å²) in [5.74, 6) is -0.181. The first-order chi connectivity index (χ1) is 8.82. The van der Waals surface area contributed by atoms with Crippen molar-refractivity contribution in [2.75, 3.05) is 12.9 Å². The standard InChI is InChI=1S/C13H17ClO4S/c1-4-13(14,19(16,17)5-2)12(15)10-6-8-11(18-3)9-7-10/h6-9H,4-5H2,1-3H3. The summed E-state index contributed by atoms with van der Waals surface area (Å²) in [4.78, 5) is 12.4. The van der Waals surface area contributed by atoms with E-state index in [-0.39, 0.29) is 17.7 Å². The SMILES string of the molecule is CCC(Cl)(C(=O)c1ccc(OC)cc1)S(=O)(=O)CC. The maximum absolute atomic E-state index is 12.4. The van der Waals surface area contributed by atoms with Crippen LogP contribution in [0.4, 0.5) is 0 Å². The largest absolute Gasteiger partial charge is 0.497 e. The molecule has 4 nitrogen and oxygen atoms in total. The highest BCUT2D eigenvalue weighted by Crippen LogP contribution is 2.32. The molecule has 106 valence electrons. The van der Waals surface area contributed by atoms with E-state index < -0.39 is 19.8 Å². The molecule has 0 amide bonds. The molecule has 0 heterocycles. The van der Waals surface area contributed by atoms with Crippen LogP contribution < -0.4 is 4.74 Å². The molecule has 6 heteroatoms. The lowest BCUT2D eigenvalue weighted by Gasteiger charge is -2.23. The maximum Gasteiger partial charge on any atom is 0.207 e. The van der Waals surface area contributed by atoms with Crippen LogP contribution in [0.3, 0.4) is 0 Å². The molecule has 1 aromatic carbocycles. The summed E-state index contributed by atoms with van der Waals surface area (Å²) in [6.07, 6.45) is 0.0234. The Morgan fingerprint density at radius 2 is 1.79 bits per heavy atom. The minimum Gasteiger partial charge on any atom is -0.497 e. The van der Waals surface area contributed by atoms with E-state index in [4.69, 9.17) is 16.3 Å². The van der Waals surface area contributed by atoms with Crippen molar-refractivity contribution in [2.24, 2.45) is 0 Å². The molecule has 1 atom stereocenters. The highest BCUT2D eigenvalue weighted by atomic mass is 35.5. The first kappa shape index (κ1) is 16.0. The normalized spacial score (nSPS) is 14.7. The predicted octanol–water partition coefficient (Wildman–Crippen LogP) is 2.66. The minimum absolute atomic E-state index is 0.0234. The summed E-state index contributed by atoms with van der Waals surface area (Å²) in [7, 11) is -2.18. The number of ketones is 1. The number of hydrogen-bond acceptors (Lipinski definition) is 4. The number of benzene rings is 1. The number of rotatable bonds is 6. The van der Waals surface area contributed by atoms with E-state index in [2.05, 4.69) is 0 Å². The summed E-state index contributed by atoms with van der Waals surface area (Å²) in [5, 5.41) is 0. The Balaban J connectivity index is 3.22. The van der Waals surface area contributed by atoms with Crippen LogP contribution in [-0.4, -0.2) is 31.3 Å². The Morgan fingerprint density at radius 1 is 1.26 bits per heavy atom. The molecule has 0 aliphatic carbocycles. The molecule has 0 radical (unpaired) electrons. The Morgan fingerprint density at radius 3 is 2.16 bits per heavy atom. The summed E-state index contributed by atoms with van der Waals surface area (Å²) in [6.45, 7) is 3.06. The van der Waals surface area contributed by atoms with Crippen LogP contribution in [0.15, 0.2) is 24.3 Å². The first-order valence-corrected chi connectivity index (χ1v) is 7.95. The lowest BCUT2D eigenvalue weighted by atomic mass is 10.1. The Labute approximate surface area is 118 Å². The topological polar surface area (TPSA) is 60.4 Å². The van der Waals surface area contributed by atoms with E-state index in [0.717, 1.165) is 0 Å². The Bertz CT molecular complexity index is 551. The summed E-state index contributed by atoms with van der Waals surface area (Å²) >= 11 is 6.11. The number of ether oxygens (including phenoxy) is 1. The zero-order valence-electron chi connectivity index (χ0n) is 11.1. The van der Waals surface area contributed by atoms with Crippen molar-refractivity contribution < 1.29 is 17.9 Å². The van der Waals surface area contributed by atoms with Gasteiger partial charge in [-0.2, -0.15) is 0 Å². The average molecular weight is 305 g/mol. The molecular weight excluding hydrogens is 288 g/mol. The fourth-order valence-corrected chi connectivity index (χ4v) is 3.44. The summed E-state index contributed by atoms with van der Waals surface area (Å²) < 4.78 is 27.1. The third kappa shape index (κ3) is 2.92. The van der Waals surface area contributed by atoms with Crippen LogP contribution in [0.25, 0.3) is 0 Å². The average Bonchev–Trinajstić information content (AvgIpc) is 2.45. The quantitative estimate of drug-likeness (QED) is 0.599. The van der Waals surface area contributed by atoms with Crippen LogP contribution in [-0.2, 0) is 9.84 Å². The lowest BCUT2D eigenvalue weighted by Crippen LogP contribution is -2.41. The van der Waals surface area contributed by atoms with Gasteiger partial charge in [-0.1, -0.05) is 25.4 Å². The smallest absolute Gasteiger partial charge is 0.207 e. The monoisotopic (exact) mass is 304 g/mol. The second kappa shape index (κ2) is 5.92. The van der Waals surface area contributed by atoms with Gasteiger partial charge in [-0.05, 0) is 30.7 Å². The number of hydrogen-bond donors (Lipinski definition) is 0. The summed E-state index contributed by atoms with van der Waals surface area (Å²) in [5.41, 5.74) is 0.259. The van der Waals surface area contributed by atoms with Gasteiger partial charge in [-0.15, -0.1) is 0 Å². The first-order valence-electron chi connectivity index (χ1n) is 5.92. The van der Waals surface area contributed by atoms with E-state index in [1.807, 2.05) is 0 Å². The van der Waals surface area contributed by atoms with E-state index in [1.165, 1.54) is 26.2 Å². The molecule has 1 rings (SSSR count). The van der Waals surface area contributed by atoms with Crippen LogP contribution in [0.5, 0.6) is 5.75 Å². The third-order valence-electron chi connectivity index (χ3n) is 3.02. The molecule has 1 aromatic rings. The molecule has 0 fully saturated rings. The van der Waals surface area contributed by atoms with Crippen LogP contribution in [0, 0.1) is 0 Å². The highest BCUT2D eigenvalue weighted by Gasteiger charge is 2.46. The molecule has 0 N–H and O–H groups in total. The van der Waals surface area contributed by atoms with Gasteiger partial charge in [0.25, 0.3) is 0 Å². The second-order valence-electron chi connectivity index (χ2n) is 4.04. The van der Waals surface area contributed by atoms with E-state index in [9.17, 15) is 13.2 Å². The van der Waals surface area contributed by atoms with Crippen molar-refractivity contribution in [2.45, 2.75) is 24.5 Å². The number of carbonyl (C=O) groups is 1. The number of Topliss-reactive ketones (excluding diaryl/α,β-unsaturated/α-hetero) is 1. The zero-order chi connectivity index (χ0) is 14.7. The van der Waals surface area contributed by atoms with E-state index >= 15 is 0 Å². The van der Waals surface area contributed by atoms with Gasteiger partial charge in [0.1, 0.15) is 5.75 Å². The highest BCUT2D eigenvalue weighted by molar-refractivity contribution is 7.95. The van der Waals surface area contributed by atoms with Crippen LogP contribution >= 0.6 is 11.6 Å². The Kier molecular flexibility index (Phi) is 4.98. The van der Waals surface area contributed by atoms with Gasteiger partial charge in [0.05, 0.1) is 7.11 Å². The van der Waals surface area contributed by atoms with Gasteiger partial charge >= 0.3 is 0 Å². The van der Waals surface area contributed by atoms with Crippen molar-refractivity contribution in [3.05, 3.63) is 29.8 Å². The van der Waals surface area contributed by atoms with Gasteiger partial charge in [0.15, 0.2) is 15.6 Å². The van der Waals surface area contributed by atoms with Gasteiger partial charge in [-0.3, -0.25) is 4.79 Å². The molecule has 0 bridgehead atoms. The molecule has 0 saturated heterocycles. The van der Waals surface area contributed by atoms with Crippen LogP contribution in [0.2, 0.25) is 0 Å². The number of alkyl halides is 1. The maximum atomic E-state index is 12.4. The molecule has 1 unspecified atom stereocenters.